The number of hydrogen-bond acceptors (Lipinski definition) is 5. The van der Waals surface area contributed by atoms with Crippen LogP contribution in [0.3, 0.4) is 0 Å². The molecule has 0 radical (unpaired) electrons. The Labute approximate surface area is 161 Å². The third-order valence-electron chi connectivity index (χ3n) is 5.50. The number of rotatable bonds is 4. The molecule has 3 aliphatic rings. The van der Waals surface area contributed by atoms with Crippen molar-refractivity contribution in [2.45, 2.75) is 57.9 Å². The molecule has 2 N–H and O–H groups in total. The average Bonchev–Trinajstić information content (AvgIpc) is 3.46. The van der Waals surface area contributed by atoms with Crippen LogP contribution in [0.5, 0.6) is 0 Å². The summed E-state index contributed by atoms with van der Waals surface area (Å²) in [5.41, 5.74) is 0. The lowest BCUT2D eigenvalue weighted by Crippen LogP contribution is -2.36. The van der Waals surface area contributed by atoms with Crippen molar-refractivity contribution in [3.05, 3.63) is 6.07 Å². The Morgan fingerprint density at radius 1 is 1.00 bits per heavy atom. The molecule has 2 aliphatic heterocycles. The van der Waals surface area contributed by atoms with E-state index in [4.69, 9.17) is 22.2 Å². The van der Waals surface area contributed by atoms with Gasteiger partial charge in [-0.25, -0.2) is 0 Å². The van der Waals surface area contributed by atoms with Gasteiger partial charge in [0.15, 0.2) is 5.11 Å². The van der Waals surface area contributed by atoms with Gasteiger partial charge in [0.1, 0.15) is 11.6 Å². The molecule has 2 saturated heterocycles. The van der Waals surface area contributed by atoms with Gasteiger partial charge in [-0.2, -0.15) is 9.97 Å². The molecule has 7 heteroatoms. The maximum atomic E-state index is 5.44. The van der Waals surface area contributed by atoms with Gasteiger partial charge in [-0.15, -0.1) is 0 Å². The van der Waals surface area contributed by atoms with Gasteiger partial charge in [-0.1, -0.05) is 6.92 Å². The van der Waals surface area contributed by atoms with Crippen LogP contribution in [0.2, 0.25) is 0 Å². The zero-order valence-electron chi connectivity index (χ0n) is 15.7. The lowest BCUT2D eigenvalue weighted by molar-refractivity contribution is 0.444. The standard InChI is InChI=1S/C19H30N6S/c1-14-6-5-11-25(13-14)17-12-16(24-9-3-2-4-10-24)21-18(22-17)23-19(26)20-15-7-8-15/h12,14-15H,2-11,13H2,1H3,(H2,20,21,22,23,26). The minimum absolute atomic E-state index is 0.530. The highest BCUT2D eigenvalue weighted by atomic mass is 32.1. The molecule has 0 amide bonds. The molecule has 1 aliphatic carbocycles. The molecule has 1 atom stereocenters. The second-order valence-electron chi connectivity index (χ2n) is 8.02. The van der Waals surface area contributed by atoms with Gasteiger partial charge in [-0.05, 0) is 63.1 Å². The van der Waals surface area contributed by atoms with E-state index in [9.17, 15) is 0 Å². The van der Waals surface area contributed by atoms with E-state index in [0.29, 0.717) is 23.0 Å². The Kier molecular flexibility index (Phi) is 5.43. The summed E-state index contributed by atoms with van der Waals surface area (Å²) in [6.45, 7) is 6.63. The lowest BCUT2D eigenvalue weighted by atomic mass is 10.0. The largest absolute Gasteiger partial charge is 0.360 e. The second-order valence-corrected chi connectivity index (χ2v) is 8.43. The Morgan fingerprint density at radius 3 is 2.38 bits per heavy atom. The van der Waals surface area contributed by atoms with Crippen LogP contribution < -0.4 is 20.4 Å². The minimum atomic E-state index is 0.530. The smallest absolute Gasteiger partial charge is 0.232 e. The van der Waals surface area contributed by atoms with Gasteiger partial charge in [0.05, 0.1) is 0 Å². The first-order chi connectivity index (χ1) is 12.7. The number of hydrogen-bond donors (Lipinski definition) is 2. The maximum absolute atomic E-state index is 5.44. The summed E-state index contributed by atoms with van der Waals surface area (Å²) in [4.78, 5) is 14.4. The van der Waals surface area contributed by atoms with E-state index in [-0.39, 0.29) is 0 Å². The molecule has 1 aromatic heterocycles. The van der Waals surface area contributed by atoms with E-state index in [1.54, 1.807) is 0 Å². The highest BCUT2D eigenvalue weighted by Gasteiger charge is 2.24. The van der Waals surface area contributed by atoms with Crippen LogP contribution in [0.4, 0.5) is 17.6 Å². The van der Waals surface area contributed by atoms with Crippen LogP contribution in [-0.4, -0.2) is 47.3 Å². The van der Waals surface area contributed by atoms with Crippen molar-refractivity contribution < 1.29 is 0 Å². The molecule has 3 fully saturated rings. The summed E-state index contributed by atoms with van der Waals surface area (Å²) < 4.78 is 0. The molecule has 0 spiro atoms. The van der Waals surface area contributed by atoms with Crippen LogP contribution in [0.25, 0.3) is 0 Å². The van der Waals surface area contributed by atoms with E-state index in [0.717, 1.165) is 37.8 Å². The molecule has 0 aromatic carbocycles. The van der Waals surface area contributed by atoms with Gasteiger partial charge in [-0.3, -0.25) is 0 Å². The normalized spacial score (nSPS) is 23.7. The summed E-state index contributed by atoms with van der Waals surface area (Å²) >= 11 is 5.44. The molecular formula is C19H30N6S. The van der Waals surface area contributed by atoms with Crippen molar-refractivity contribution in [1.82, 2.24) is 15.3 Å². The predicted molar refractivity (Wildman–Crippen MR) is 111 cm³/mol. The zero-order valence-corrected chi connectivity index (χ0v) is 16.5. The van der Waals surface area contributed by atoms with Gasteiger partial charge < -0.3 is 20.4 Å². The lowest BCUT2D eigenvalue weighted by Gasteiger charge is -2.33. The molecule has 1 unspecified atom stereocenters. The fourth-order valence-electron chi connectivity index (χ4n) is 3.87. The maximum Gasteiger partial charge on any atom is 0.232 e. The van der Waals surface area contributed by atoms with Gasteiger partial charge in [0, 0.05) is 38.3 Å². The molecule has 1 saturated carbocycles. The topological polar surface area (TPSA) is 56.3 Å². The monoisotopic (exact) mass is 374 g/mol. The van der Waals surface area contributed by atoms with E-state index in [1.165, 1.54) is 44.9 Å². The molecule has 4 rings (SSSR count). The van der Waals surface area contributed by atoms with E-state index >= 15 is 0 Å². The average molecular weight is 375 g/mol. The molecule has 3 heterocycles. The predicted octanol–water partition coefficient (Wildman–Crippen LogP) is 3.15. The zero-order chi connectivity index (χ0) is 17.9. The van der Waals surface area contributed by atoms with Crippen molar-refractivity contribution in [2.75, 3.05) is 41.3 Å². The van der Waals surface area contributed by atoms with Crippen molar-refractivity contribution >= 4 is 34.9 Å². The first kappa shape index (κ1) is 17.8. The first-order valence-corrected chi connectivity index (χ1v) is 10.5. The minimum Gasteiger partial charge on any atom is -0.360 e. The third kappa shape index (κ3) is 4.55. The Bertz CT molecular complexity index is 641. The number of thiocarbonyl (C=S) groups is 1. The highest BCUT2D eigenvalue weighted by Crippen LogP contribution is 2.27. The van der Waals surface area contributed by atoms with Crippen LogP contribution >= 0.6 is 12.2 Å². The van der Waals surface area contributed by atoms with Gasteiger partial charge in [0.25, 0.3) is 0 Å². The Hall–Kier alpha value is -1.63. The number of piperidine rings is 2. The number of nitrogens with one attached hydrogen (secondary N) is 2. The van der Waals surface area contributed by atoms with Crippen LogP contribution in [0.15, 0.2) is 6.07 Å². The van der Waals surface area contributed by atoms with E-state index < -0.39 is 0 Å². The van der Waals surface area contributed by atoms with Crippen LogP contribution in [-0.2, 0) is 0 Å². The fourth-order valence-corrected chi connectivity index (χ4v) is 4.13. The molecule has 1 aromatic rings. The van der Waals surface area contributed by atoms with Crippen molar-refractivity contribution in [3.63, 3.8) is 0 Å². The van der Waals surface area contributed by atoms with Crippen LogP contribution in [0, 0.1) is 5.92 Å². The highest BCUT2D eigenvalue weighted by molar-refractivity contribution is 7.80. The second kappa shape index (κ2) is 7.94. The number of nitrogens with zero attached hydrogens (tertiary/aromatic N) is 4. The summed E-state index contributed by atoms with van der Waals surface area (Å²) in [5.74, 6) is 3.40. The van der Waals surface area contributed by atoms with Crippen LogP contribution in [0.1, 0.15) is 51.9 Å². The molecule has 0 bridgehead atoms. The summed E-state index contributed by atoms with van der Waals surface area (Å²) in [6.07, 6.45) is 8.74. The quantitative estimate of drug-likeness (QED) is 0.785. The first-order valence-electron chi connectivity index (χ1n) is 10.1. The van der Waals surface area contributed by atoms with Crippen molar-refractivity contribution in [3.8, 4) is 0 Å². The number of aromatic nitrogens is 2. The van der Waals surface area contributed by atoms with Gasteiger partial charge in [0.2, 0.25) is 5.95 Å². The van der Waals surface area contributed by atoms with E-state index in [2.05, 4.69) is 33.4 Å². The number of anilines is 3. The van der Waals surface area contributed by atoms with Gasteiger partial charge >= 0.3 is 0 Å². The molecule has 26 heavy (non-hydrogen) atoms. The summed E-state index contributed by atoms with van der Waals surface area (Å²) in [6, 6.07) is 2.70. The molecule has 6 nitrogen and oxygen atoms in total. The fraction of sp³-hybridized carbons (Fsp3) is 0.737. The SMILES string of the molecule is CC1CCCN(c2cc(N3CCCCC3)nc(NC(=S)NC3CC3)n2)C1. The molecular weight excluding hydrogens is 344 g/mol. The van der Waals surface area contributed by atoms with Crippen molar-refractivity contribution in [2.24, 2.45) is 5.92 Å². The van der Waals surface area contributed by atoms with Crippen molar-refractivity contribution in [1.29, 1.82) is 0 Å². The summed E-state index contributed by atoms with van der Waals surface area (Å²) in [7, 11) is 0. The van der Waals surface area contributed by atoms with E-state index in [1.807, 2.05) is 0 Å². The molecule has 142 valence electrons. The Morgan fingerprint density at radius 2 is 1.69 bits per heavy atom. The summed E-state index contributed by atoms with van der Waals surface area (Å²) in [5, 5.41) is 7.19. The third-order valence-corrected chi connectivity index (χ3v) is 5.72. The Balaban J connectivity index is 1.56.